The molecule has 1 heterocycles. The zero-order chi connectivity index (χ0) is 16.7. The smallest absolute Gasteiger partial charge is 0.317 e. The van der Waals surface area contributed by atoms with Gasteiger partial charge in [-0.15, -0.1) is 0 Å². The van der Waals surface area contributed by atoms with Gasteiger partial charge in [0.25, 0.3) is 0 Å². The van der Waals surface area contributed by atoms with Crippen LogP contribution in [-0.4, -0.2) is 61.0 Å². The summed E-state index contributed by atoms with van der Waals surface area (Å²) in [5.74, 6) is -0.587. The molecule has 1 saturated heterocycles. The molecule has 0 saturated carbocycles. The van der Waals surface area contributed by atoms with Gasteiger partial charge in [0, 0.05) is 25.7 Å². The van der Waals surface area contributed by atoms with Gasteiger partial charge < -0.3 is 26.6 Å². The van der Waals surface area contributed by atoms with Crippen LogP contribution in [0.5, 0.6) is 0 Å². The van der Waals surface area contributed by atoms with Gasteiger partial charge in [-0.2, -0.15) is 0 Å². The number of hydrogen-bond acceptors (Lipinski definition) is 4. The first-order chi connectivity index (χ1) is 10.3. The van der Waals surface area contributed by atoms with Crippen molar-refractivity contribution in [2.24, 2.45) is 11.7 Å². The lowest BCUT2D eigenvalue weighted by atomic mass is 10.1. The highest BCUT2D eigenvalue weighted by atomic mass is 16.2. The molecule has 5 N–H and O–H groups in total. The maximum Gasteiger partial charge on any atom is 0.317 e. The normalized spacial score (nSPS) is 19.0. The van der Waals surface area contributed by atoms with Gasteiger partial charge in [0.05, 0.1) is 12.6 Å². The molecule has 8 nitrogen and oxygen atoms in total. The fraction of sp³-hybridized carbons (Fsp3) is 0.786. The molecule has 0 radical (unpaired) electrons. The lowest BCUT2D eigenvalue weighted by Gasteiger charge is -2.18. The monoisotopic (exact) mass is 313 g/mol. The average Bonchev–Trinajstić information content (AvgIpc) is 2.92. The fourth-order valence-electron chi connectivity index (χ4n) is 2.19. The number of rotatable bonds is 6. The van der Waals surface area contributed by atoms with E-state index in [1.807, 2.05) is 20.8 Å². The van der Waals surface area contributed by atoms with E-state index in [0.717, 1.165) is 0 Å². The number of urea groups is 1. The van der Waals surface area contributed by atoms with Crippen LogP contribution < -0.4 is 21.7 Å². The standard InChI is InChI=1S/C14H27N5O3/c1-4-16-14(22)19-6-5-10(8-19)18-11(20)7-17-13(21)12(15)9(2)3/h9-10,12H,4-8,15H2,1-3H3,(H,16,22)(H,17,21)(H,18,20)/t10?,12-/m0/s1. The van der Waals surface area contributed by atoms with Gasteiger partial charge in [0.15, 0.2) is 0 Å². The first-order valence-electron chi connectivity index (χ1n) is 7.70. The number of amides is 4. The summed E-state index contributed by atoms with van der Waals surface area (Å²) in [6.45, 7) is 7.12. The van der Waals surface area contributed by atoms with Crippen molar-refractivity contribution in [1.29, 1.82) is 0 Å². The highest BCUT2D eigenvalue weighted by Crippen LogP contribution is 2.08. The molecule has 126 valence electrons. The maximum atomic E-state index is 11.8. The van der Waals surface area contributed by atoms with Crippen LogP contribution in [0.25, 0.3) is 0 Å². The predicted molar refractivity (Wildman–Crippen MR) is 83.0 cm³/mol. The summed E-state index contributed by atoms with van der Waals surface area (Å²) in [6.07, 6.45) is 0.711. The van der Waals surface area contributed by atoms with Gasteiger partial charge in [-0.25, -0.2) is 4.79 Å². The topological polar surface area (TPSA) is 117 Å². The minimum atomic E-state index is -0.618. The van der Waals surface area contributed by atoms with Crippen molar-refractivity contribution in [1.82, 2.24) is 20.9 Å². The molecule has 22 heavy (non-hydrogen) atoms. The van der Waals surface area contributed by atoms with Crippen molar-refractivity contribution < 1.29 is 14.4 Å². The summed E-state index contributed by atoms with van der Waals surface area (Å²) in [7, 11) is 0. The third-order valence-corrected chi connectivity index (χ3v) is 3.61. The SMILES string of the molecule is CCNC(=O)N1CCC(NC(=O)CNC(=O)[C@@H](N)C(C)C)C1. The Morgan fingerprint density at radius 2 is 1.95 bits per heavy atom. The summed E-state index contributed by atoms with van der Waals surface area (Å²) in [5.41, 5.74) is 5.69. The average molecular weight is 313 g/mol. The molecule has 1 aliphatic rings. The van der Waals surface area contributed by atoms with Crippen molar-refractivity contribution in [2.45, 2.75) is 39.3 Å². The van der Waals surface area contributed by atoms with Gasteiger partial charge in [0.1, 0.15) is 0 Å². The molecule has 1 aliphatic heterocycles. The van der Waals surface area contributed by atoms with Gasteiger partial charge in [-0.1, -0.05) is 13.8 Å². The minimum Gasteiger partial charge on any atom is -0.350 e. The van der Waals surface area contributed by atoms with E-state index in [0.29, 0.717) is 26.1 Å². The van der Waals surface area contributed by atoms with Crippen molar-refractivity contribution in [3.05, 3.63) is 0 Å². The Morgan fingerprint density at radius 3 is 2.55 bits per heavy atom. The zero-order valence-corrected chi connectivity index (χ0v) is 13.5. The Balaban J connectivity index is 2.29. The quantitative estimate of drug-likeness (QED) is 0.503. The van der Waals surface area contributed by atoms with Gasteiger partial charge >= 0.3 is 6.03 Å². The van der Waals surface area contributed by atoms with Crippen LogP contribution >= 0.6 is 0 Å². The lowest BCUT2D eigenvalue weighted by molar-refractivity contribution is -0.127. The molecule has 0 aromatic carbocycles. The molecule has 2 atom stereocenters. The molecular weight excluding hydrogens is 286 g/mol. The molecule has 0 spiro atoms. The number of nitrogens with zero attached hydrogens (tertiary/aromatic N) is 1. The van der Waals surface area contributed by atoms with E-state index in [1.165, 1.54) is 0 Å². The van der Waals surface area contributed by atoms with E-state index < -0.39 is 6.04 Å². The summed E-state index contributed by atoms with van der Waals surface area (Å²) >= 11 is 0. The Kier molecular flexibility index (Phi) is 7.10. The molecule has 1 fully saturated rings. The molecule has 0 bridgehead atoms. The summed E-state index contributed by atoms with van der Waals surface area (Å²) in [5, 5.41) is 8.06. The predicted octanol–water partition coefficient (Wildman–Crippen LogP) is -0.994. The van der Waals surface area contributed by atoms with Crippen LogP contribution in [0.1, 0.15) is 27.2 Å². The number of carbonyl (C=O) groups excluding carboxylic acids is 3. The van der Waals surface area contributed by atoms with Crippen molar-refractivity contribution in [3.63, 3.8) is 0 Å². The summed E-state index contributed by atoms with van der Waals surface area (Å²) in [6, 6.07) is -0.811. The molecule has 0 aromatic heterocycles. The molecule has 0 aromatic rings. The number of nitrogens with two attached hydrogens (primary N) is 1. The van der Waals surface area contributed by atoms with E-state index in [9.17, 15) is 14.4 Å². The van der Waals surface area contributed by atoms with Gasteiger partial charge in [0.2, 0.25) is 11.8 Å². The van der Waals surface area contributed by atoms with Crippen LogP contribution in [0.3, 0.4) is 0 Å². The van der Waals surface area contributed by atoms with Crippen LogP contribution in [0, 0.1) is 5.92 Å². The Labute approximate surface area is 131 Å². The highest BCUT2D eigenvalue weighted by molar-refractivity contribution is 5.87. The second-order valence-corrected chi connectivity index (χ2v) is 5.82. The van der Waals surface area contributed by atoms with Crippen LogP contribution in [0.15, 0.2) is 0 Å². The van der Waals surface area contributed by atoms with Gasteiger partial charge in [-0.3, -0.25) is 9.59 Å². The van der Waals surface area contributed by atoms with Crippen molar-refractivity contribution >= 4 is 17.8 Å². The van der Waals surface area contributed by atoms with Crippen molar-refractivity contribution in [3.8, 4) is 0 Å². The summed E-state index contributed by atoms with van der Waals surface area (Å²) < 4.78 is 0. The number of carbonyl (C=O) groups is 3. The maximum absolute atomic E-state index is 11.8. The Morgan fingerprint density at radius 1 is 1.27 bits per heavy atom. The van der Waals surface area contributed by atoms with E-state index in [2.05, 4.69) is 16.0 Å². The first kappa shape index (κ1) is 18.2. The van der Waals surface area contributed by atoms with Crippen LogP contribution in [0.2, 0.25) is 0 Å². The largest absolute Gasteiger partial charge is 0.350 e. The summed E-state index contributed by atoms with van der Waals surface area (Å²) in [4.78, 5) is 36.8. The zero-order valence-electron chi connectivity index (χ0n) is 13.5. The molecule has 0 aliphatic carbocycles. The molecule has 4 amide bonds. The number of nitrogens with one attached hydrogen (secondary N) is 3. The van der Waals surface area contributed by atoms with E-state index >= 15 is 0 Å². The number of hydrogen-bond donors (Lipinski definition) is 4. The third-order valence-electron chi connectivity index (χ3n) is 3.61. The van der Waals surface area contributed by atoms with Crippen LogP contribution in [0.4, 0.5) is 4.79 Å². The van der Waals surface area contributed by atoms with Crippen LogP contribution in [-0.2, 0) is 9.59 Å². The third kappa shape index (κ3) is 5.51. The second-order valence-electron chi connectivity index (χ2n) is 5.82. The van der Waals surface area contributed by atoms with E-state index in [1.54, 1.807) is 4.90 Å². The van der Waals surface area contributed by atoms with Gasteiger partial charge in [-0.05, 0) is 19.3 Å². The minimum absolute atomic E-state index is 0.0172. The molecule has 1 rings (SSSR count). The molecule has 1 unspecified atom stereocenters. The first-order valence-corrected chi connectivity index (χ1v) is 7.70. The van der Waals surface area contributed by atoms with E-state index in [-0.39, 0.29) is 36.3 Å². The fourth-order valence-corrected chi connectivity index (χ4v) is 2.19. The molecular formula is C14H27N5O3. The lowest BCUT2D eigenvalue weighted by Crippen LogP contribution is -2.49. The van der Waals surface area contributed by atoms with Crippen molar-refractivity contribution in [2.75, 3.05) is 26.2 Å². The Hall–Kier alpha value is -1.83. The Bertz CT molecular complexity index is 413. The second kappa shape index (κ2) is 8.57. The number of likely N-dealkylation sites (tertiary alicyclic amines) is 1. The molecule has 8 heteroatoms. The van der Waals surface area contributed by atoms with E-state index in [4.69, 9.17) is 5.73 Å². The highest BCUT2D eigenvalue weighted by Gasteiger charge is 2.27.